The van der Waals surface area contributed by atoms with E-state index >= 15 is 0 Å². The molecule has 0 unspecified atom stereocenters. The maximum atomic E-state index is 14.1. The van der Waals surface area contributed by atoms with Crippen molar-refractivity contribution in [1.82, 2.24) is 9.80 Å². The van der Waals surface area contributed by atoms with Crippen molar-refractivity contribution in [3.63, 3.8) is 0 Å². The maximum Gasteiger partial charge on any atom is 0.323 e. The number of likely N-dealkylation sites (N-methyl/N-ethyl adjacent to an activating group) is 1. The second-order valence-corrected chi connectivity index (χ2v) is 11.1. The number of rotatable bonds is 7. The van der Waals surface area contributed by atoms with Crippen LogP contribution in [0.25, 0.3) is 0 Å². The number of hydrogen-bond donors (Lipinski definition) is 3. The minimum atomic E-state index is -0.448. The number of urea groups is 1. The topological polar surface area (TPSA) is 113 Å². The summed E-state index contributed by atoms with van der Waals surface area (Å²) >= 11 is 0. The van der Waals surface area contributed by atoms with Gasteiger partial charge in [0, 0.05) is 37.0 Å². The summed E-state index contributed by atoms with van der Waals surface area (Å²) in [5, 5.41) is 15.7. The molecule has 0 radical (unpaired) electrons. The molecule has 4 atom stereocenters. The largest absolute Gasteiger partial charge is 0.497 e. The van der Waals surface area contributed by atoms with Gasteiger partial charge < -0.3 is 39.8 Å². The first-order valence-corrected chi connectivity index (χ1v) is 14.3. The second-order valence-electron chi connectivity index (χ2n) is 11.1. The van der Waals surface area contributed by atoms with Crippen LogP contribution in [0, 0.1) is 5.92 Å². The number of amides is 3. The smallest absolute Gasteiger partial charge is 0.323 e. The van der Waals surface area contributed by atoms with E-state index in [9.17, 15) is 14.7 Å². The van der Waals surface area contributed by atoms with Crippen molar-refractivity contribution < 1.29 is 28.9 Å². The Labute approximate surface area is 243 Å². The predicted octanol–water partition coefficient (Wildman–Crippen LogP) is 4.70. The molecule has 0 saturated carbocycles. The molecule has 41 heavy (non-hydrogen) atoms. The van der Waals surface area contributed by atoms with Crippen LogP contribution in [-0.2, 0) is 4.74 Å². The molecule has 0 saturated heterocycles. The van der Waals surface area contributed by atoms with Gasteiger partial charge in [-0.05, 0) is 89.7 Å². The zero-order valence-electron chi connectivity index (χ0n) is 25.2. The summed E-state index contributed by atoms with van der Waals surface area (Å²) < 4.78 is 17.7. The third-order valence-corrected chi connectivity index (χ3v) is 7.20. The number of hydrogen-bond acceptors (Lipinski definition) is 7. The molecule has 0 bridgehead atoms. The Balaban J connectivity index is 1.91. The SMILES string of the molecule is COc1ccc(NC(=O)Nc2ccc3c(c2)C(=O)N([C@@H](C)CO)C[C@H](C)[C@@H](CN(C)C)OCCCC[C@H](C)O3)cc1. The van der Waals surface area contributed by atoms with Gasteiger partial charge >= 0.3 is 6.03 Å². The van der Waals surface area contributed by atoms with E-state index in [1.807, 2.05) is 27.9 Å². The highest BCUT2D eigenvalue weighted by atomic mass is 16.5. The van der Waals surface area contributed by atoms with E-state index in [1.54, 1.807) is 54.5 Å². The van der Waals surface area contributed by atoms with Crippen molar-refractivity contribution in [3.8, 4) is 11.5 Å². The van der Waals surface area contributed by atoms with Gasteiger partial charge in [-0.2, -0.15) is 0 Å². The molecule has 2 aromatic rings. The number of nitrogens with zero attached hydrogens (tertiary/aromatic N) is 2. The molecule has 0 spiro atoms. The third-order valence-electron chi connectivity index (χ3n) is 7.20. The van der Waals surface area contributed by atoms with Gasteiger partial charge in [0.05, 0.1) is 37.5 Å². The van der Waals surface area contributed by atoms with E-state index in [0.29, 0.717) is 41.6 Å². The van der Waals surface area contributed by atoms with Gasteiger partial charge in [-0.3, -0.25) is 4.79 Å². The standard InChI is InChI=1S/C31H46N4O6/c1-21-18-35(22(2)20-36)30(37)27-17-25(33-31(38)32-24-10-13-26(39-6)14-11-24)12-15-28(27)41-23(3)9-7-8-16-40-29(21)19-34(4)5/h10-15,17,21-23,29,36H,7-9,16,18-20H2,1-6H3,(H2,32,33,38)/t21-,22-,23-,29+/m0/s1. The third kappa shape index (κ3) is 9.62. The normalized spacial score (nSPS) is 21.3. The first kappa shape index (κ1) is 32.2. The number of benzene rings is 2. The first-order valence-electron chi connectivity index (χ1n) is 14.3. The monoisotopic (exact) mass is 570 g/mol. The van der Waals surface area contributed by atoms with Crippen molar-refractivity contribution in [3.05, 3.63) is 48.0 Å². The molecule has 0 fully saturated rings. The first-order chi connectivity index (χ1) is 19.6. The van der Waals surface area contributed by atoms with Crippen LogP contribution in [0.2, 0.25) is 0 Å². The summed E-state index contributed by atoms with van der Waals surface area (Å²) in [6, 6.07) is 11.2. The number of methoxy groups -OCH3 is 1. The van der Waals surface area contributed by atoms with Crippen LogP contribution in [0.15, 0.2) is 42.5 Å². The molecule has 3 N–H and O–H groups in total. The van der Waals surface area contributed by atoms with Crippen molar-refractivity contribution in [2.75, 3.05) is 58.1 Å². The molecule has 1 aliphatic rings. The number of fused-ring (bicyclic) bond motifs is 1. The quantitative estimate of drug-likeness (QED) is 0.443. The van der Waals surface area contributed by atoms with E-state index in [4.69, 9.17) is 14.2 Å². The maximum absolute atomic E-state index is 14.1. The molecular weight excluding hydrogens is 524 g/mol. The molecule has 0 aliphatic carbocycles. The van der Waals surface area contributed by atoms with Crippen molar-refractivity contribution >= 4 is 23.3 Å². The number of ether oxygens (including phenoxy) is 3. The van der Waals surface area contributed by atoms with Gasteiger partial charge in [-0.15, -0.1) is 0 Å². The van der Waals surface area contributed by atoms with Crippen LogP contribution < -0.4 is 20.1 Å². The molecule has 226 valence electrons. The number of carbonyl (C=O) groups is 2. The molecule has 10 nitrogen and oxygen atoms in total. The average Bonchev–Trinajstić information content (AvgIpc) is 2.94. The van der Waals surface area contributed by atoms with Crippen LogP contribution in [0.4, 0.5) is 16.2 Å². The Morgan fingerprint density at radius 2 is 1.80 bits per heavy atom. The number of nitrogens with one attached hydrogen (secondary N) is 2. The van der Waals surface area contributed by atoms with Crippen LogP contribution in [0.5, 0.6) is 11.5 Å². The summed E-state index contributed by atoms with van der Waals surface area (Å²) in [4.78, 5) is 30.7. The zero-order valence-corrected chi connectivity index (χ0v) is 25.2. The Bertz CT molecular complexity index is 1130. The van der Waals surface area contributed by atoms with Crippen molar-refractivity contribution in [1.29, 1.82) is 0 Å². The van der Waals surface area contributed by atoms with Gasteiger partial charge in [-0.25, -0.2) is 4.79 Å². The van der Waals surface area contributed by atoms with E-state index in [-0.39, 0.29) is 30.6 Å². The minimum absolute atomic E-state index is 0.0122. The van der Waals surface area contributed by atoms with Gasteiger partial charge in [0.25, 0.3) is 5.91 Å². The number of aliphatic hydroxyl groups excluding tert-OH is 1. The molecular formula is C31H46N4O6. The van der Waals surface area contributed by atoms with E-state index in [1.165, 1.54) is 0 Å². The zero-order chi connectivity index (χ0) is 29.9. The van der Waals surface area contributed by atoms with Gasteiger partial charge in [-0.1, -0.05) is 6.92 Å². The van der Waals surface area contributed by atoms with E-state index in [0.717, 1.165) is 25.8 Å². The Hall–Kier alpha value is -3.34. The molecule has 10 heteroatoms. The molecule has 3 amide bonds. The minimum Gasteiger partial charge on any atom is -0.497 e. The van der Waals surface area contributed by atoms with Gasteiger partial charge in [0.15, 0.2) is 0 Å². The van der Waals surface area contributed by atoms with Crippen LogP contribution in [-0.4, -0.2) is 92.6 Å². The lowest BCUT2D eigenvalue weighted by Gasteiger charge is -2.35. The predicted molar refractivity (Wildman–Crippen MR) is 161 cm³/mol. The number of aliphatic hydroxyl groups is 1. The van der Waals surface area contributed by atoms with Crippen LogP contribution in [0.1, 0.15) is 50.4 Å². The van der Waals surface area contributed by atoms with Crippen molar-refractivity contribution in [2.45, 2.75) is 58.3 Å². The Morgan fingerprint density at radius 1 is 1.12 bits per heavy atom. The average molecular weight is 571 g/mol. The van der Waals surface area contributed by atoms with Crippen molar-refractivity contribution in [2.24, 2.45) is 5.92 Å². The van der Waals surface area contributed by atoms with Crippen LogP contribution >= 0.6 is 0 Å². The summed E-state index contributed by atoms with van der Waals surface area (Å²) in [6.45, 7) is 7.46. The van der Waals surface area contributed by atoms with Gasteiger partial charge in [0.1, 0.15) is 11.5 Å². The van der Waals surface area contributed by atoms with Gasteiger partial charge in [0.2, 0.25) is 0 Å². The summed E-state index contributed by atoms with van der Waals surface area (Å²) in [7, 11) is 5.60. The Morgan fingerprint density at radius 3 is 2.46 bits per heavy atom. The summed E-state index contributed by atoms with van der Waals surface area (Å²) in [6.07, 6.45) is 2.47. The highest BCUT2D eigenvalue weighted by molar-refractivity contribution is 6.02. The summed E-state index contributed by atoms with van der Waals surface area (Å²) in [5.41, 5.74) is 1.37. The number of carbonyl (C=O) groups excluding carboxylic acids is 2. The summed E-state index contributed by atoms with van der Waals surface area (Å²) in [5.74, 6) is 0.869. The fraction of sp³-hybridized carbons (Fsp3) is 0.548. The molecule has 1 aliphatic heterocycles. The molecule has 2 aromatic carbocycles. The fourth-order valence-electron chi connectivity index (χ4n) is 4.79. The molecule has 3 rings (SSSR count). The lowest BCUT2D eigenvalue weighted by atomic mass is 10.0. The highest BCUT2D eigenvalue weighted by Gasteiger charge is 2.30. The second kappa shape index (κ2) is 15.6. The lowest BCUT2D eigenvalue weighted by molar-refractivity contribution is -0.0137. The molecule has 0 aromatic heterocycles. The highest BCUT2D eigenvalue weighted by Crippen LogP contribution is 2.28. The molecule has 1 heterocycles. The fourth-order valence-corrected chi connectivity index (χ4v) is 4.79. The van der Waals surface area contributed by atoms with Crippen LogP contribution in [0.3, 0.4) is 0 Å². The Kier molecular flexibility index (Phi) is 12.2. The van der Waals surface area contributed by atoms with E-state index < -0.39 is 12.1 Å². The van der Waals surface area contributed by atoms with E-state index in [2.05, 4.69) is 22.5 Å². The number of anilines is 2. The lowest BCUT2D eigenvalue weighted by Crippen LogP contribution is -2.47.